The number of aromatic amines is 1. The summed E-state index contributed by atoms with van der Waals surface area (Å²) in [6, 6.07) is 18.1. The largest absolute Gasteiger partial charge is 0.493 e. The first kappa shape index (κ1) is 27.3. The Hall–Kier alpha value is -4.30. The molecule has 0 saturated carbocycles. The Balaban J connectivity index is 1.75. The van der Waals surface area contributed by atoms with Gasteiger partial charge in [0.2, 0.25) is 11.7 Å². The summed E-state index contributed by atoms with van der Waals surface area (Å²) in [6.45, 7) is 3.64. The van der Waals surface area contributed by atoms with Crippen LogP contribution >= 0.6 is 11.6 Å². The zero-order chi connectivity index (χ0) is 28.6. The number of H-pyrrole nitrogens is 1. The molecule has 3 aromatic carbocycles. The number of ether oxygens (including phenoxy) is 3. The third kappa shape index (κ3) is 4.69. The van der Waals surface area contributed by atoms with Gasteiger partial charge in [-0.1, -0.05) is 55.8 Å². The van der Waals surface area contributed by atoms with Crippen LogP contribution in [-0.4, -0.2) is 42.9 Å². The lowest BCUT2D eigenvalue weighted by Gasteiger charge is -2.26. The molecule has 1 N–H and O–H groups in total. The van der Waals surface area contributed by atoms with Crippen molar-refractivity contribution >= 4 is 34.1 Å². The van der Waals surface area contributed by atoms with E-state index in [4.69, 9.17) is 30.9 Å². The third-order valence-corrected chi connectivity index (χ3v) is 7.29. The molecular formula is C31H30ClN3O5. The number of methoxy groups -OCH3 is 3. The highest BCUT2D eigenvalue weighted by atomic mass is 35.5. The van der Waals surface area contributed by atoms with Crippen LogP contribution in [0, 0.1) is 5.92 Å². The van der Waals surface area contributed by atoms with Crippen molar-refractivity contribution in [1.82, 2.24) is 9.99 Å². The fourth-order valence-corrected chi connectivity index (χ4v) is 5.38. The first-order valence-corrected chi connectivity index (χ1v) is 13.3. The van der Waals surface area contributed by atoms with Gasteiger partial charge in [0.25, 0.3) is 5.56 Å². The number of carbonyl (C=O) groups excluding carboxylic acids is 1. The maximum Gasteiger partial charge on any atom is 0.258 e. The van der Waals surface area contributed by atoms with Crippen LogP contribution in [0.3, 0.4) is 0 Å². The van der Waals surface area contributed by atoms with E-state index in [0.717, 1.165) is 10.9 Å². The topological polar surface area (TPSA) is 93.2 Å². The minimum atomic E-state index is -0.544. The molecule has 8 nitrogen and oxygen atoms in total. The molecule has 0 unspecified atom stereocenters. The van der Waals surface area contributed by atoms with E-state index in [1.165, 1.54) is 19.2 Å². The van der Waals surface area contributed by atoms with Crippen molar-refractivity contribution in [2.24, 2.45) is 11.0 Å². The summed E-state index contributed by atoms with van der Waals surface area (Å²) in [4.78, 5) is 30.2. The summed E-state index contributed by atoms with van der Waals surface area (Å²) in [6.07, 6.45) is 0.277. The molecule has 0 aliphatic carbocycles. The Kier molecular flexibility index (Phi) is 7.54. The maximum absolute atomic E-state index is 13.7. The number of benzene rings is 3. The second-order valence-corrected chi connectivity index (χ2v) is 10.2. The Labute approximate surface area is 237 Å². The zero-order valence-corrected chi connectivity index (χ0v) is 23.7. The Bertz CT molecular complexity index is 1680. The van der Waals surface area contributed by atoms with E-state index in [-0.39, 0.29) is 23.8 Å². The molecule has 0 radical (unpaired) electrons. The van der Waals surface area contributed by atoms with Gasteiger partial charge in [0.1, 0.15) is 0 Å². The van der Waals surface area contributed by atoms with Gasteiger partial charge in [-0.25, -0.2) is 5.01 Å². The number of aromatic nitrogens is 1. The van der Waals surface area contributed by atoms with Crippen LogP contribution < -0.4 is 19.8 Å². The molecule has 1 atom stereocenters. The number of halogens is 1. The molecule has 0 bridgehead atoms. The van der Waals surface area contributed by atoms with Gasteiger partial charge in [-0.2, -0.15) is 5.10 Å². The highest BCUT2D eigenvalue weighted by Gasteiger charge is 2.38. The van der Waals surface area contributed by atoms with Crippen LogP contribution in [0.25, 0.3) is 22.0 Å². The lowest BCUT2D eigenvalue weighted by molar-refractivity contribution is -0.136. The molecule has 2 heterocycles. The number of nitrogens with zero attached hydrogens (tertiary/aromatic N) is 2. The highest BCUT2D eigenvalue weighted by molar-refractivity contribution is 6.31. The molecule has 1 aromatic heterocycles. The second-order valence-electron chi connectivity index (χ2n) is 9.79. The summed E-state index contributed by atoms with van der Waals surface area (Å²) >= 11 is 6.41. The number of hydrazone groups is 1. The van der Waals surface area contributed by atoms with Gasteiger partial charge in [0.15, 0.2) is 11.5 Å². The molecule has 206 valence electrons. The number of hydrogen-bond acceptors (Lipinski definition) is 6. The molecule has 5 rings (SSSR count). The van der Waals surface area contributed by atoms with Crippen LogP contribution in [0.1, 0.15) is 37.4 Å². The molecule has 0 saturated heterocycles. The maximum atomic E-state index is 13.7. The predicted molar refractivity (Wildman–Crippen MR) is 157 cm³/mol. The van der Waals surface area contributed by atoms with Gasteiger partial charge in [-0.05, 0) is 35.9 Å². The van der Waals surface area contributed by atoms with Crippen molar-refractivity contribution in [3.63, 3.8) is 0 Å². The molecule has 9 heteroatoms. The number of carbonyl (C=O) groups is 1. The van der Waals surface area contributed by atoms with Crippen molar-refractivity contribution < 1.29 is 19.0 Å². The zero-order valence-electron chi connectivity index (χ0n) is 22.9. The molecule has 0 spiro atoms. The Morgan fingerprint density at radius 3 is 2.35 bits per heavy atom. The van der Waals surface area contributed by atoms with Crippen molar-refractivity contribution in [3.05, 3.63) is 87.2 Å². The van der Waals surface area contributed by atoms with Crippen LogP contribution in [0.15, 0.2) is 70.6 Å². The second kappa shape index (κ2) is 11.1. The number of pyridine rings is 1. The standard InChI is InChI=1S/C31H30ClN3O5/c1-17(2)31(37)35-24(20-12-14-25(38-3)29(40-5)28(20)39-4)16-23(34-35)27-26(18-9-7-6-8-10-18)21-15-19(32)11-13-22(21)33-30(27)36/h6-15,17,24H,16H2,1-5H3,(H,33,36)/t24-/m1/s1. The molecule has 1 aliphatic rings. The minimum absolute atomic E-state index is 0.182. The summed E-state index contributed by atoms with van der Waals surface area (Å²) < 4.78 is 16.8. The predicted octanol–water partition coefficient (Wildman–Crippen LogP) is 6.21. The van der Waals surface area contributed by atoms with Crippen molar-refractivity contribution in [1.29, 1.82) is 0 Å². The average Bonchev–Trinajstić information content (AvgIpc) is 3.40. The van der Waals surface area contributed by atoms with Crippen LogP contribution in [-0.2, 0) is 4.79 Å². The fourth-order valence-electron chi connectivity index (χ4n) is 5.20. The molecule has 1 amide bonds. The SMILES string of the molecule is COc1ccc([C@H]2CC(c3c(-c4ccccc4)c4cc(Cl)ccc4[nH]c3=O)=NN2C(=O)C(C)C)c(OC)c1OC. The van der Waals surface area contributed by atoms with Crippen molar-refractivity contribution in [3.8, 4) is 28.4 Å². The first-order valence-electron chi connectivity index (χ1n) is 12.9. The lowest BCUT2D eigenvalue weighted by atomic mass is 9.90. The van der Waals surface area contributed by atoms with E-state index >= 15 is 0 Å². The van der Waals surface area contributed by atoms with Gasteiger partial charge in [-0.3, -0.25) is 9.59 Å². The van der Waals surface area contributed by atoms with Crippen molar-refractivity contribution in [2.45, 2.75) is 26.3 Å². The van der Waals surface area contributed by atoms with Crippen LogP contribution in [0.4, 0.5) is 0 Å². The average molecular weight is 560 g/mol. The van der Waals surface area contributed by atoms with E-state index in [2.05, 4.69) is 4.98 Å². The van der Waals surface area contributed by atoms with E-state index < -0.39 is 6.04 Å². The van der Waals surface area contributed by atoms with Crippen LogP contribution in [0.5, 0.6) is 17.2 Å². The quantitative estimate of drug-likeness (QED) is 0.291. The Morgan fingerprint density at radius 1 is 0.975 bits per heavy atom. The molecule has 0 fully saturated rings. The number of nitrogens with one attached hydrogen (secondary N) is 1. The number of rotatable bonds is 7. The summed E-state index contributed by atoms with van der Waals surface area (Å²) in [5.41, 5.74) is 3.47. The lowest BCUT2D eigenvalue weighted by Crippen LogP contribution is -2.30. The molecule has 4 aromatic rings. The number of hydrogen-bond donors (Lipinski definition) is 1. The summed E-state index contributed by atoms with van der Waals surface area (Å²) in [7, 11) is 4.62. The van der Waals surface area contributed by atoms with Crippen molar-refractivity contribution in [2.75, 3.05) is 21.3 Å². The summed E-state index contributed by atoms with van der Waals surface area (Å²) in [5.74, 6) is 0.832. The van der Waals surface area contributed by atoms with Gasteiger partial charge >= 0.3 is 0 Å². The van der Waals surface area contributed by atoms with E-state index in [1.54, 1.807) is 25.3 Å². The van der Waals surface area contributed by atoms with Gasteiger partial charge in [0, 0.05) is 39.4 Å². The van der Waals surface area contributed by atoms with E-state index in [1.807, 2.05) is 56.3 Å². The number of amides is 1. The molecule has 40 heavy (non-hydrogen) atoms. The van der Waals surface area contributed by atoms with Gasteiger partial charge < -0.3 is 19.2 Å². The minimum Gasteiger partial charge on any atom is -0.493 e. The van der Waals surface area contributed by atoms with E-state index in [0.29, 0.717) is 50.2 Å². The fraction of sp³-hybridized carbons (Fsp3) is 0.258. The van der Waals surface area contributed by atoms with Gasteiger partial charge in [0.05, 0.1) is 38.6 Å². The number of fused-ring (bicyclic) bond motifs is 1. The normalized spacial score (nSPS) is 14.9. The monoisotopic (exact) mass is 559 g/mol. The highest BCUT2D eigenvalue weighted by Crippen LogP contribution is 2.47. The van der Waals surface area contributed by atoms with Gasteiger partial charge in [-0.15, -0.1) is 0 Å². The smallest absolute Gasteiger partial charge is 0.258 e. The van der Waals surface area contributed by atoms with Crippen LogP contribution in [0.2, 0.25) is 5.02 Å². The first-order chi connectivity index (χ1) is 19.3. The molecule has 1 aliphatic heterocycles. The third-order valence-electron chi connectivity index (χ3n) is 7.05. The molecular weight excluding hydrogens is 530 g/mol. The Morgan fingerprint density at radius 2 is 1.70 bits per heavy atom. The summed E-state index contributed by atoms with van der Waals surface area (Å²) in [5, 5.41) is 7.59. The van der Waals surface area contributed by atoms with E-state index in [9.17, 15) is 9.59 Å².